The molecule has 1 atom stereocenters. The van der Waals surface area contributed by atoms with Crippen molar-refractivity contribution >= 4 is 17.5 Å². The van der Waals surface area contributed by atoms with Gasteiger partial charge >= 0.3 is 0 Å². The van der Waals surface area contributed by atoms with Crippen molar-refractivity contribution in [1.82, 2.24) is 14.8 Å². The highest BCUT2D eigenvalue weighted by atomic mass is 32.2. The normalized spacial score (nSPS) is 15.5. The van der Waals surface area contributed by atoms with E-state index < -0.39 is 0 Å². The number of Topliss-reactive ketones (excluding diaryl/α,β-unsaturated/α-hetero) is 1. The fourth-order valence-corrected chi connectivity index (χ4v) is 4.37. The number of fused-ring (bicyclic) bond motifs is 1. The number of aromatic nitrogens is 3. The van der Waals surface area contributed by atoms with Gasteiger partial charge in [0.05, 0.1) is 19.5 Å². The van der Waals surface area contributed by atoms with Crippen LogP contribution in [0.5, 0.6) is 17.2 Å². The number of rotatable bonds is 5. The van der Waals surface area contributed by atoms with Crippen LogP contribution in [0, 0.1) is 0 Å². The number of aromatic hydroxyl groups is 1. The number of ether oxygens (including phenoxy) is 2. The number of nitrogens with zero attached hydrogens (tertiary/aromatic N) is 3. The van der Waals surface area contributed by atoms with Crippen LogP contribution in [0.1, 0.15) is 15.9 Å². The summed E-state index contributed by atoms with van der Waals surface area (Å²) < 4.78 is 12.5. The van der Waals surface area contributed by atoms with Crippen molar-refractivity contribution < 1.29 is 19.4 Å². The third kappa shape index (κ3) is 3.09. The molecule has 2 aromatic carbocycles. The maximum Gasteiger partial charge on any atom is 0.191 e. The van der Waals surface area contributed by atoms with Crippen molar-refractivity contribution in [2.45, 2.75) is 16.8 Å². The van der Waals surface area contributed by atoms with Gasteiger partial charge in [0.2, 0.25) is 0 Å². The van der Waals surface area contributed by atoms with E-state index in [1.54, 1.807) is 44.6 Å². The Kier molecular flexibility index (Phi) is 4.72. The van der Waals surface area contributed by atoms with E-state index in [-0.39, 0.29) is 16.8 Å². The second kappa shape index (κ2) is 7.20. The molecule has 3 aromatic rings. The van der Waals surface area contributed by atoms with Gasteiger partial charge in [-0.2, -0.15) is 0 Å². The summed E-state index contributed by atoms with van der Waals surface area (Å²) in [5.41, 5.74) is 2.45. The third-order valence-electron chi connectivity index (χ3n) is 4.78. The molecule has 0 amide bonds. The number of phenolic OH excluding ortho intramolecular Hbond substituents is 1. The fraction of sp³-hybridized carbons (Fsp3) is 0.250. The van der Waals surface area contributed by atoms with Crippen LogP contribution < -0.4 is 9.47 Å². The Morgan fingerprint density at radius 2 is 1.79 bits per heavy atom. The molecule has 4 rings (SSSR count). The van der Waals surface area contributed by atoms with E-state index in [4.69, 9.17) is 9.47 Å². The largest absolute Gasteiger partial charge is 0.508 e. The highest BCUT2D eigenvalue weighted by molar-refractivity contribution is 8.00. The molecule has 1 aliphatic carbocycles. The van der Waals surface area contributed by atoms with E-state index in [0.29, 0.717) is 34.5 Å². The minimum absolute atomic E-state index is 0.0511. The molecule has 144 valence electrons. The van der Waals surface area contributed by atoms with Gasteiger partial charge in [-0.05, 0) is 48.4 Å². The smallest absolute Gasteiger partial charge is 0.191 e. The summed E-state index contributed by atoms with van der Waals surface area (Å²) in [6, 6.07) is 10.4. The number of methoxy groups -OCH3 is 2. The van der Waals surface area contributed by atoms with Crippen molar-refractivity contribution in [2.24, 2.45) is 7.05 Å². The highest BCUT2D eigenvalue weighted by Crippen LogP contribution is 2.39. The molecular weight excluding hydrogens is 378 g/mol. The maximum absolute atomic E-state index is 12.9. The van der Waals surface area contributed by atoms with E-state index in [1.165, 1.54) is 11.8 Å². The molecule has 0 saturated carbocycles. The van der Waals surface area contributed by atoms with E-state index in [0.717, 1.165) is 11.1 Å². The topological polar surface area (TPSA) is 86.5 Å². The van der Waals surface area contributed by atoms with Crippen LogP contribution in [0.15, 0.2) is 41.6 Å². The van der Waals surface area contributed by atoms with Crippen molar-refractivity contribution in [3.63, 3.8) is 0 Å². The van der Waals surface area contributed by atoms with Crippen LogP contribution in [-0.2, 0) is 13.5 Å². The molecule has 7 nitrogen and oxygen atoms in total. The zero-order valence-corrected chi connectivity index (χ0v) is 16.5. The Labute approximate surface area is 166 Å². The van der Waals surface area contributed by atoms with Crippen LogP contribution >= 0.6 is 11.8 Å². The lowest BCUT2D eigenvalue weighted by Crippen LogP contribution is -2.12. The highest BCUT2D eigenvalue weighted by Gasteiger charge is 2.34. The lowest BCUT2D eigenvalue weighted by Gasteiger charge is -2.09. The van der Waals surface area contributed by atoms with Crippen molar-refractivity contribution in [3.05, 3.63) is 47.5 Å². The number of ketones is 1. The van der Waals surface area contributed by atoms with Gasteiger partial charge in [-0.15, -0.1) is 10.2 Å². The number of hydrogen-bond acceptors (Lipinski definition) is 7. The summed E-state index contributed by atoms with van der Waals surface area (Å²) >= 11 is 1.40. The first-order valence-electron chi connectivity index (χ1n) is 8.66. The Morgan fingerprint density at radius 1 is 1.11 bits per heavy atom. The van der Waals surface area contributed by atoms with Gasteiger partial charge in [-0.25, -0.2) is 0 Å². The second-order valence-electron chi connectivity index (χ2n) is 6.45. The molecule has 0 aliphatic heterocycles. The Bertz CT molecular complexity index is 1050. The Morgan fingerprint density at radius 3 is 2.46 bits per heavy atom. The molecule has 8 heteroatoms. The molecule has 0 unspecified atom stereocenters. The van der Waals surface area contributed by atoms with Gasteiger partial charge in [0.25, 0.3) is 0 Å². The van der Waals surface area contributed by atoms with Gasteiger partial charge in [-0.3, -0.25) is 4.79 Å². The average molecular weight is 397 g/mol. The molecule has 0 radical (unpaired) electrons. The van der Waals surface area contributed by atoms with E-state index in [9.17, 15) is 9.90 Å². The quantitative estimate of drug-likeness (QED) is 0.708. The summed E-state index contributed by atoms with van der Waals surface area (Å²) in [5.74, 6) is 2.09. The number of hydrogen-bond donors (Lipinski definition) is 1. The first-order chi connectivity index (χ1) is 13.5. The zero-order chi connectivity index (χ0) is 19.8. The summed E-state index contributed by atoms with van der Waals surface area (Å²) in [5, 5.41) is 18.3. The maximum atomic E-state index is 12.9. The van der Waals surface area contributed by atoms with Crippen LogP contribution in [0.25, 0.3) is 11.4 Å². The molecule has 0 saturated heterocycles. The van der Waals surface area contributed by atoms with Crippen LogP contribution in [-0.4, -0.2) is 45.1 Å². The zero-order valence-electron chi connectivity index (χ0n) is 15.7. The van der Waals surface area contributed by atoms with E-state index in [1.807, 2.05) is 17.7 Å². The molecule has 0 fully saturated rings. The molecule has 1 heterocycles. The SMILES string of the molecule is COc1cc2c(cc1OC)C(=O)[C@@H](Sc1nnc(-c3ccc(O)cc3)n1C)C2. The van der Waals surface area contributed by atoms with Crippen molar-refractivity contribution in [3.8, 4) is 28.6 Å². The molecule has 1 N–H and O–H groups in total. The van der Waals surface area contributed by atoms with Crippen molar-refractivity contribution in [2.75, 3.05) is 14.2 Å². The Hall–Kier alpha value is -3.00. The lowest BCUT2D eigenvalue weighted by atomic mass is 10.1. The predicted molar refractivity (Wildman–Crippen MR) is 105 cm³/mol. The summed E-state index contributed by atoms with van der Waals surface area (Å²) in [4.78, 5) is 12.9. The minimum atomic E-state index is -0.276. The number of thioether (sulfide) groups is 1. The first-order valence-corrected chi connectivity index (χ1v) is 9.54. The van der Waals surface area contributed by atoms with Gasteiger partial charge in [0.1, 0.15) is 5.75 Å². The minimum Gasteiger partial charge on any atom is -0.508 e. The molecule has 28 heavy (non-hydrogen) atoms. The van der Waals surface area contributed by atoms with E-state index >= 15 is 0 Å². The summed E-state index contributed by atoms with van der Waals surface area (Å²) in [6.07, 6.45) is 0.598. The predicted octanol–water partition coefficient (Wildman–Crippen LogP) is 3.10. The molecule has 0 bridgehead atoms. The number of carbonyl (C=O) groups is 1. The third-order valence-corrected chi connectivity index (χ3v) is 6.01. The van der Waals surface area contributed by atoms with Crippen LogP contribution in [0.4, 0.5) is 0 Å². The second-order valence-corrected chi connectivity index (χ2v) is 7.62. The van der Waals surface area contributed by atoms with Gasteiger partial charge in [0, 0.05) is 18.2 Å². The number of benzene rings is 2. The fourth-order valence-electron chi connectivity index (χ4n) is 3.29. The molecular formula is C20H19N3O4S. The summed E-state index contributed by atoms with van der Waals surface area (Å²) in [6.45, 7) is 0. The first kappa shape index (κ1) is 18.4. The number of carbonyl (C=O) groups excluding carboxylic acids is 1. The molecule has 1 aromatic heterocycles. The molecule has 1 aliphatic rings. The van der Waals surface area contributed by atoms with Gasteiger partial charge in [0.15, 0.2) is 28.3 Å². The summed E-state index contributed by atoms with van der Waals surface area (Å²) in [7, 11) is 5.00. The monoisotopic (exact) mass is 397 g/mol. The van der Waals surface area contributed by atoms with Gasteiger partial charge < -0.3 is 19.1 Å². The Balaban J connectivity index is 1.59. The average Bonchev–Trinajstić information content (AvgIpc) is 3.21. The lowest BCUT2D eigenvalue weighted by molar-refractivity contribution is 0.1000. The van der Waals surface area contributed by atoms with Crippen molar-refractivity contribution in [1.29, 1.82) is 0 Å². The van der Waals surface area contributed by atoms with Gasteiger partial charge in [-0.1, -0.05) is 11.8 Å². The van der Waals surface area contributed by atoms with E-state index in [2.05, 4.69) is 10.2 Å². The van der Waals surface area contributed by atoms with Crippen LogP contribution in [0.3, 0.4) is 0 Å². The molecule has 0 spiro atoms. The standard InChI is InChI=1S/C20H19N3O4S/c1-23-19(11-4-6-13(24)7-5-11)21-22-20(23)28-17-9-12-8-15(26-2)16(27-3)10-14(12)18(17)25/h4-8,10,17,24H,9H2,1-3H3/t17-/m0/s1. The number of phenols is 1. The van der Waals surface area contributed by atoms with Crippen LogP contribution in [0.2, 0.25) is 0 Å².